The number of rotatable bonds is 6. The Morgan fingerprint density at radius 1 is 0.964 bits per heavy atom. The van der Waals surface area contributed by atoms with Gasteiger partial charge in [-0.3, -0.25) is 4.79 Å². The van der Waals surface area contributed by atoms with Crippen LogP contribution in [0.5, 0.6) is 5.75 Å². The Morgan fingerprint density at radius 2 is 1.61 bits per heavy atom. The third-order valence-corrected chi connectivity index (χ3v) is 5.53. The van der Waals surface area contributed by atoms with Crippen LogP contribution >= 0.6 is 0 Å². The summed E-state index contributed by atoms with van der Waals surface area (Å²) in [6, 6.07) is 16.0. The largest absolute Gasteiger partial charge is 0.493 e. The van der Waals surface area contributed by atoms with Crippen LogP contribution in [0.15, 0.2) is 48.5 Å². The van der Waals surface area contributed by atoms with Crippen LogP contribution < -0.4 is 10.1 Å². The van der Waals surface area contributed by atoms with Gasteiger partial charge in [-0.2, -0.15) is 0 Å². The first-order valence-corrected chi connectivity index (χ1v) is 10.5. The van der Waals surface area contributed by atoms with Crippen molar-refractivity contribution in [3.63, 3.8) is 0 Å². The highest BCUT2D eigenvalue weighted by molar-refractivity contribution is 5.92. The van der Waals surface area contributed by atoms with E-state index < -0.39 is 0 Å². The van der Waals surface area contributed by atoms with E-state index in [2.05, 4.69) is 38.2 Å². The average Bonchev–Trinajstić information content (AvgIpc) is 2.68. The number of hydrogen-bond donors (Lipinski definition) is 1. The monoisotopic (exact) mass is 379 g/mol. The van der Waals surface area contributed by atoms with Gasteiger partial charge in [0.1, 0.15) is 5.75 Å². The van der Waals surface area contributed by atoms with E-state index in [9.17, 15) is 4.79 Å². The molecule has 0 spiro atoms. The van der Waals surface area contributed by atoms with Crippen molar-refractivity contribution in [2.75, 3.05) is 11.9 Å². The molecule has 1 aliphatic carbocycles. The summed E-state index contributed by atoms with van der Waals surface area (Å²) in [6.07, 6.45) is 6.97. The highest BCUT2D eigenvalue weighted by atomic mass is 16.5. The second kappa shape index (κ2) is 9.27. The van der Waals surface area contributed by atoms with Gasteiger partial charge < -0.3 is 10.1 Å². The maximum Gasteiger partial charge on any atom is 0.228 e. The minimum absolute atomic E-state index is 0.000572. The Kier molecular flexibility index (Phi) is 6.77. The summed E-state index contributed by atoms with van der Waals surface area (Å²) in [6.45, 7) is 7.38. The van der Waals surface area contributed by atoms with Gasteiger partial charge in [0.05, 0.1) is 13.0 Å². The molecule has 0 radical (unpaired) electrons. The number of amides is 1. The molecule has 0 heterocycles. The molecule has 150 valence electrons. The summed E-state index contributed by atoms with van der Waals surface area (Å²) in [7, 11) is 0. The molecule has 2 aromatic carbocycles. The summed E-state index contributed by atoms with van der Waals surface area (Å²) in [5.41, 5.74) is 3.24. The number of carbonyl (C=O) groups excluding carboxylic acids is 1. The van der Waals surface area contributed by atoms with E-state index in [4.69, 9.17) is 4.74 Å². The molecular weight excluding hydrogens is 346 g/mol. The molecular formula is C25H33NO2. The van der Waals surface area contributed by atoms with E-state index in [-0.39, 0.29) is 11.3 Å². The normalized spacial score (nSPS) is 15.2. The molecule has 2 aromatic rings. The van der Waals surface area contributed by atoms with Crippen molar-refractivity contribution in [1.29, 1.82) is 0 Å². The van der Waals surface area contributed by atoms with Crippen molar-refractivity contribution < 1.29 is 9.53 Å². The van der Waals surface area contributed by atoms with Gasteiger partial charge in [0.25, 0.3) is 0 Å². The molecule has 0 aromatic heterocycles. The zero-order valence-electron chi connectivity index (χ0n) is 17.5. The van der Waals surface area contributed by atoms with E-state index in [1.165, 1.54) is 37.7 Å². The third kappa shape index (κ3) is 6.12. The fraction of sp³-hybridized carbons (Fsp3) is 0.480. The van der Waals surface area contributed by atoms with Gasteiger partial charge in [-0.1, -0.05) is 64.3 Å². The third-order valence-electron chi connectivity index (χ3n) is 5.53. The van der Waals surface area contributed by atoms with Gasteiger partial charge in [0, 0.05) is 5.69 Å². The second-order valence-electron chi connectivity index (χ2n) is 9.01. The van der Waals surface area contributed by atoms with Crippen LogP contribution in [-0.2, 0) is 16.6 Å². The molecule has 1 saturated carbocycles. The smallest absolute Gasteiger partial charge is 0.228 e. The molecule has 1 aliphatic rings. The number of anilines is 1. The molecule has 3 rings (SSSR count). The molecule has 0 unspecified atom stereocenters. The topological polar surface area (TPSA) is 38.3 Å². The molecule has 0 bridgehead atoms. The van der Waals surface area contributed by atoms with Crippen LogP contribution in [0.1, 0.15) is 64.0 Å². The fourth-order valence-electron chi connectivity index (χ4n) is 3.72. The maximum absolute atomic E-state index is 12.3. The van der Waals surface area contributed by atoms with E-state index >= 15 is 0 Å². The number of carbonyl (C=O) groups is 1. The van der Waals surface area contributed by atoms with Crippen molar-refractivity contribution >= 4 is 11.6 Å². The lowest BCUT2D eigenvalue weighted by Gasteiger charge is -2.21. The predicted octanol–water partition coefficient (Wildman–Crippen LogP) is 6.12. The molecule has 1 fully saturated rings. The van der Waals surface area contributed by atoms with Gasteiger partial charge in [-0.05, 0) is 59.6 Å². The molecule has 0 atom stereocenters. The predicted molar refractivity (Wildman–Crippen MR) is 116 cm³/mol. The van der Waals surface area contributed by atoms with Gasteiger partial charge in [-0.25, -0.2) is 0 Å². The fourth-order valence-corrected chi connectivity index (χ4v) is 3.72. The van der Waals surface area contributed by atoms with Gasteiger partial charge in [0.2, 0.25) is 5.91 Å². The van der Waals surface area contributed by atoms with Crippen molar-refractivity contribution in [2.24, 2.45) is 5.92 Å². The first-order chi connectivity index (χ1) is 13.4. The van der Waals surface area contributed by atoms with Crippen LogP contribution in [0.4, 0.5) is 5.69 Å². The highest BCUT2D eigenvalue weighted by Crippen LogP contribution is 2.25. The molecule has 0 saturated heterocycles. The van der Waals surface area contributed by atoms with Crippen molar-refractivity contribution in [1.82, 2.24) is 0 Å². The van der Waals surface area contributed by atoms with E-state index in [1.807, 2.05) is 36.4 Å². The molecule has 0 aliphatic heterocycles. The SMILES string of the molecule is CC(C)(C)c1ccc(CC(=O)Nc2ccc(OCC3CCCCC3)cc2)cc1. The van der Waals surface area contributed by atoms with Gasteiger partial charge in [-0.15, -0.1) is 0 Å². The quantitative estimate of drug-likeness (QED) is 0.656. The standard InChI is InChI=1S/C25H33NO2/c1-25(2,3)21-11-9-19(10-12-21)17-24(27)26-22-13-15-23(16-14-22)28-18-20-7-5-4-6-8-20/h9-16,20H,4-8,17-18H2,1-3H3,(H,26,27). The number of nitrogens with one attached hydrogen (secondary N) is 1. The summed E-state index contributed by atoms with van der Waals surface area (Å²) in [4.78, 5) is 12.3. The van der Waals surface area contributed by atoms with E-state index in [1.54, 1.807) is 0 Å². The Bertz CT molecular complexity index is 751. The summed E-state index contributed by atoms with van der Waals surface area (Å²) in [5.74, 6) is 1.57. The lowest BCUT2D eigenvalue weighted by molar-refractivity contribution is -0.115. The number of benzene rings is 2. The summed E-state index contributed by atoms with van der Waals surface area (Å²) < 4.78 is 5.93. The van der Waals surface area contributed by atoms with Crippen LogP contribution in [0.25, 0.3) is 0 Å². The van der Waals surface area contributed by atoms with Gasteiger partial charge in [0.15, 0.2) is 0 Å². The maximum atomic E-state index is 12.3. The van der Waals surface area contributed by atoms with Crippen LogP contribution in [-0.4, -0.2) is 12.5 Å². The minimum Gasteiger partial charge on any atom is -0.493 e. The van der Waals surface area contributed by atoms with Crippen LogP contribution in [0.2, 0.25) is 0 Å². The number of ether oxygens (including phenoxy) is 1. The highest BCUT2D eigenvalue weighted by Gasteiger charge is 2.15. The molecule has 1 amide bonds. The lowest BCUT2D eigenvalue weighted by atomic mass is 9.86. The molecule has 1 N–H and O–H groups in total. The molecule has 3 nitrogen and oxygen atoms in total. The molecule has 28 heavy (non-hydrogen) atoms. The lowest BCUT2D eigenvalue weighted by Crippen LogP contribution is -2.16. The van der Waals surface area contributed by atoms with Crippen molar-refractivity contribution in [3.05, 3.63) is 59.7 Å². The van der Waals surface area contributed by atoms with Crippen molar-refractivity contribution in [3.8, 4) is 5.75 Å². The Hall–Kier alpha value is -2.29. The minimum atomic E-state index is -0.000572. The first kappa shape index (κ1) is 20.4. The summed E-state index contributed by atoms with van der Waals surface area (Å²) in [5, 5.41) is 2.97. The Labute approximate surface area is 169 Å². The average molecular weight is 380 g/mol. The Morgan fingerprint density at radius 3 is 2.21 bits per heavy atom. The van der Waals surface area contributed by atoms with Gasteiger partial charge >= 0.3 is 0 Å². The van der Waals surface area contributed by atoms with Crippen molar-refractivity contribution in [2.45, 2.75) is 64.7 Å². The van der Waals surface area contributed by atoms with E-state index in [0.717, 1.165) is 23.6 Å². The van der Waals surface area contributed by atoms with Crippen LogP contribution in [0.3, 0.4) is 0 Å². The zero-order valence-corrected chi connectivity index (χ0v) is 17.5. The second-order valence-corrected chi connectivity index (χ2v) is 9.01. The Balaban J connectivity index is 1.47. The van der Waals surface area contributed by atoms with Crippen LogP contribution in [0, 0.1) is 5.92 Å². The number of hydrogen-bond acceptors (Lipinski definition) is 2. The zero-order chi connectivity index (χ0) is 20.0. The summed E-state index contributed by atoms with van der Waals surface area (Å²) >= 11 is 0. The first-order valence-electron chi connectivity index (χ1n) is 10.5. The van der Waals surface area contributed by atoms with E-state index in [0.29, 0.717) is 12.3 Å². The molecule has 3 heteroatoms.